The highest BCUT2D eigenvalue weighted by atomic mass is 16.2. The molecule has 5 rings (SSSR count). The summed E-state index contributed by atoms with van der Waals surface area (Å²) in [7, 11) is 0. The average Bonchev–Trinajstić information content (AvgIpc) is 3.58. The first kappa shape index (κ1) is 18.8. The highest BCUT2D eigenvalue weighted by Gasteiger charge is 2.50. The number of fused-ring (bicyclic) bond motifs is 1. The molecule has 2 heterocycles. The number of pyridine rings is 1. The Bertz CT molecular complexity index is 1110. The fourth-order valence-corrected chi connectivity index (χ4v) is 4.16. The fraction of sp³-hybridized carbons (Fsp3) is 0.292. The molecule has 2 aromatic carbocycles. The number of hydrogen-bond donors (Lipinski definition) is 1. The molecule has 6 nitrogen and oxygen atoms in total. The molecule has 152 valence electrons. The third-order valence-corrected chi connectivity index (χ3v) is 6.12. The number of hydrogen-bond acceptors (Lipinski definition) is 4. The molecule has 1 atom stereocenters. The van der Waals surface area contributed by atoms with E-state index in [9.17, 15) is 9.59 Å². The molecule has 1 N–H and O–H groups in total. The Kier molecular flexibility index (Phi) is 4.51. The number of carbonyl (C=O) groups excluding carboxylic acids is 2. The number of nitrogens with zero attached hydrogens (tertiary/aromatic N) is 3. The van der Waals surface area contributed by atoms with Gasteiger partial charge < -0.3 is 5.32 Å². The Hall–Kier alpha value is -3.25. The smallest absolute Gasteiger partial charge is 0.319 e. The fourth-order valence-electron chi connectivity index (χ4n) is 4.16. The van der Waals surface area contributed by atoms with Crippen molar-refractivity contribution in [1.82, 2.24) is 20.1 Å². The number of amides is 3. The number of rotatable bonds is 6. The Morgan fingerprint density at radius 1 is 1.07 bits per heavy atom. The molecule has 1 saturated heterocycles. The zero-order valence-electron chi connectivity index (χ0n) is 16.9. The number of nitrogens with one attached hydrogen (secondary N) is 1. The van der Waals surface area contributed by atoms with E-state index in [2.05, 4.69) is 15.2 Å². The molecule has 6 heteroatoms. The van der Waals surface area contributed by atoms with E-state index < -0.39 is 5.54 Å². The Balaban J connectivity index is 1.40. The van der Waals surface area contributed by atoms with E-state index in [1.54, 1.807) is 19.3 Å². The van der Waals surface area contributed by atoms with Gasteiger partial charge in [0.25, 0.3) is 5.91 Å². The maximum atomic E-state index is 13.4. The van der Waals surface area contributed by atoms with Crippen LogP contribution in [0.2, 0.25) is 0 Å². The molecule has 1 aliphatic carbocycles. The van der Waals surface area contributed by atoms with Crippen LogP contribution in [0.15, 0.2) is 67.0 Å². The van der Waals surface area contributed by atoms with Crippen LogP contribution in [-0.4, -0.2) is 39.4 Å². The average molecular weight is 400 g/mol. The molecule has 3 aromatic rings. The molecule has 2 aliphatic rings. The molecule has 0 spiro atoms. The topological polar surface area (TPSA) is 65.5 Å². The van der Waals surface area contributed by atoms with Crippen molar-refractivity contribution >= 4 is 22.7 Å². The summed E-state index contributed by atoms with van der Waals surface area (Å²) in [4.78, 5) is 33.9. The van der Waals surface area contributed by atoms with Crippen LogP contribution >= 0.6 is 0 Å². The highest BCUT2D eigenvalue weighted by Crippen LogP contribution is 2.33. The second-order valence-electron chi connectivity index (χ2n) is 8.33. The van der Waals surface area contributed by atoms with E-state index in [4.69, 9.17) is 0 Å². The van der Waals surface area contributed by atoms with Gasteiger partial charge >= 0.3 is 6.03 Å². The molecule has 1 saturated carbocycles. The summed E-state index contributed by atoms with van der Waals surface area (Å²) in [5.41, 5.74) is 0.864. The number of urea groups is 1. The van der Waals surface area contributed by atoms with Gasteiger partial charge in [0.1, 0.15) is 5.54 Å². The van der Waals surface area contributed by atoms with Crippen molar-refractivity contribution < 1.29 is 9.59 Å². The molecular weight excluding hydrogens is 376 g/mol. The standard InChI is InChI=1S/C24H24N4O2/c1-24(20-7-6-18-4-2-3-5-19(18)14-20)22(29)28(23(30)26-24)16-27(21-8-9-21)15-17-10-12-25-13-11-17/h2-7,10-14,21H,8-9,15-16H2,1H3,(H,26,30). The van der Waals surface area contributed by atoms with E-state index in [1.807, 2.05) is 54.6 Å². The zero-order valence-corrected chi connectivity index (χ0v) is 16.9. The van der Waals surface area contributed by atoms with Crippen molar-refractivity contribution in [3.63, 3.8) is 0 Å². The van der Waals surface area contributed by atoms with Crippen molar-refractivity contribution in [2.75, 3.05) is 6.67 Å². The van der Waals surface area contributed by atoms with Crippen molar-refractivity contribution in [2.45, 2.75) is 37.9 Å². The molecule has 0 radical (unpaired) electrons. The summed E-state index contributed by atoms with van der Waals surface area (Å²) in [6.07, 6.45) is 5.73. The lowest BCUT2D eigenvalue weighted by Crippen LogP contribution is -2.44. The van der Waals surface area contributed by atoms with Gasteiger partial charge in [0.2, 0.25) is 0 Å². The number of aromatic nitrogens is 1. The van der Waals surface area contributed by atoms with Crippen molar-refractivity contribution in [3.05, 3.63) is 78.1 Å². The van der Waals surface area contributed by atoms with Gasteiger partial charge in [-0.3, -0.25) is 14.7 Å². The molecule has 1 aliphatic heterocycles. The van der Waals surface area contributed by atoms with Crippen molar-refractivity contribution in [1.29, 1.82) is 0 Å². The van der Waals surface area contributed by atoms with Crippen LogP contribution in [0.25, 0.3) is 10.8 Å². The van der Waals surface area contributed by atoms with Crippen LogP contribution in [0.5, 0.6) is 0 Å². The first-order valence-corrected chi connectivity index (χ1v) is 10.3. The Morgan fingerprint density at radius 2 is 1.80 bits per heavy atom. The first-order chi connectivity index (χ1) is 14.5. The van der Waals surface area contributed by atoms with E-state index >= 15 is 0 Å². The van der Waals surface area contributed by atoms with Crippen molar-refractivity contribution in [2.24, 2.45) is 0 Å². The minimum Gasteiger partial charge on any atom is -0.319 e. The number of benzene rings is 2. The summed E-state index contributed by atoms with van der Waals surface area (Å²) >= 11 is 0. The predicted octanol–water partition coefficient (Wildman–Crippen LogP) is 3.62. The highest BCUT2D eigenvalue weighted by molar-refractivity contribution is 6.07. The van der Waals surface area contributed by atoms with Crippen LogP contribution in [-0.2, 0) is 16.9 Å². The lowest BCUT2D eigenvalue weighted by atomic mass is 9.90. The normalized spacial score (nSPS) is 21.5. The van der Waals surface area contributed by atoms with Crippen molar-refractivity contribution in [3.8, 4) is 0 Å². The number of carbonyl (C=O) groups is 2. The molecule has 1 aromatic heterocycles. The Labute approximate surface area is 175 Å². The molecule has 3 amide bonds. The first-order valence-electron chi connectivity index (χ1n) is 10.3. The predicted molar refractivity (Wildman–Crippen MR) is 114 cm³/mol. The second-order valence-corrected chi connectivity index (χ2v) is 8.33. The van der Waals surface area contributed by atoms with Gasteiger partial charge in [-0.15, -0.1) is 0 Å². The number of imide groups is 1. The van der Waals surface area contributed by atoms with Crippen LogP contribution in [0.1, 0.15) is 30.9 Å². The van der Waals surface area contributed by atoms with Crippen LogP contribution in [0, 0.1) is 0 Å². The molecule has 0 bridgehead atoms. The van der Waals surface area contributed by atoms with Gasteiger partial charge in [-0.1, -0.05) is 36.4 Å². The van der Waals surface area contributed by atoms with Gasteiger partial charge in [0.15, 0.2) is 0 Å². The van der Waals surface area contributed by atoms with Gasteiger partial charge in [0, 0.05) is 25.0 Å². The maximum absolute atomic E-state index is 13.4. The minimum absolute atomic E-state index is 0.205. The third-order valence-electron chi connectivity index (χ3n) is 6.12. The van der Waals surface area contributed by atoms with E-state index in [1.165, 1.54) is 4.90 Å². The molecule has 30 heavy (non-hydrogen) atoms. The zero-order chi connectivity index (χ0) is 20.7. The molecular formula is C24H24N4O2. The summed E-state index contributed by atoms with van der Waals surface area (Å²) in [5.74, 6) is -0.205. The lowest BCUT2D eigenvalue weighted by Gasteiger charge is -2.27. The summed E-state index contributed by atoms with van der Waals surface area (Å²) in [5, 5.41) is 5.10. The van der Waals surface area contributed by atoms with Gasteiger partial charge in [-0.2, -0.15) is 0 Å². The van der Waals surface area contributed by atoms with Crippen LogP contribution < -0.4 is 5.32 Å². The summed E-state index contributed by atoms with van der Waals surface area (Å²) in [6, 6.07) is 18.0. The minimum atomic E-state index is -1.06. The van der Waals surface area contributed by atoms with E-state index in [0.29, 0.717) is 19.3 Å². The largest absolute Gasteiger partial charge is 0.326 e. The Morgan fingerprint density at radius 3 is 2.53 bits per heavy atom. The second kappa shape index (κ2) is 7.22. The van der Waals surface area contributed by atoms with E-state index in [-0.39, 0.29) is 11.9 Å². The monoisotopic (exact) mass is 400 g/mol. The third kappa shape index (κ3) is 3.33. The quantitative estimate of drug-likeness (QED) is 0.642. The van der Waals surface area contributed by atoms with Crippen LogP contribution in [0.3, 0.4) is 0 Å². The van der Waals surface area contributed by atoms with E-state index in [0.717, 1.165) is 34.7 Å². The van der Waals surface area contributed by atoms with Crippen LogP contribution in [0.4, 0.5) is 4.79 Å². The van der Waals surface area contributed by atoms with Gasteiger partial charge in [-0.25, -0.2) is 9.69 Å². The maximum Gasteiger partial charge on any atom is 0.326 e. The molecule has 1 unspecified atom stereocenters. The lowest BCUT2D eigenvalue weighted by molar-refractivity contribution is -0.132. The summed E-state index contributed by atoms with van der Waals surface area (Å²) < 4.78 is 0. The SMILES string of the molecule is CC1(c2ccc3ccccc3c2)NC(=O)N(CN(Cc2ccncc2)C2CC2)C1=O. The van der Waals surface area contributed by atoms with Gasteiger partial charge in [-0.05, 0) is 59.9 Å². The molecule has 2 fully saturated rings. The van der Waals surface area contributed by atoms with Gasteiger partial charge in [0.05, 0.1) is 6.67 Å². The summed E-state index contributed by atoms with van der Waals surface area (Å²) in [6.45, 7) is 2.78.